The zero-order valence-corrected chi connectivity index (χ0v) is 12.0. The van der Waals surface area contributed by atoms with Crippen LogP contribution in [0.1, 0.15) is 17.0 Å². The number of urea groups is 1. The van der Waals surface area contributed by atoms with Crippen LogP contribution in [-0.2, 0) is 18.4 Å². The second-order valence-corrected chi connectivity index (χ2v) is 4.49. The van der Waals surface area contributed by atoms with Crippen molar-refractivity contribution in [3.8, 4) is 0 Å². The molecule has 0 aliphatic carbocycles. The van der Waals surface area contributed by atoms with Crippen molar-refractivity contribution in [2.45, 2.75) is 20.4 Å². The van der Waals surface area contributed by atoms with Gasteiger partial charge in [0, 0.05) is 31.4 Å². The molecule has 7 heteroatoms. The zero-order chi connectivity index (χ0) is 15.3. The van der Waals surface area contributed by atoms with Crippen LogP contribution in [0.15, 0.2) is 12.7 Å². The summed E-state index contributed by atoms with van der Waals surface area (Å²) < 4.78 is 1.75. The highest BCUT2D eigenvalue weighted by atomic mass is 16.4. The number of carboxylic acid groups (broad SMARTS) is 1. The summed E-state index contributed by atoms with van der Waals surface area (Å²) in [6.45, 7) is 7.44. The largest absolute Gasteiger partial charge is 0.480 e. The monoisotopic (exact) mass is 280 g/mol. The third kappa shape index (κ3) is 3.84. The van der Waals surface area contributed by atoms with Gasteiger partial charge in [-0.05, 0) is 13.8 Å². The fourth-order valence-electron chi connectivity index (χ4n) is 1.89. The molecule has 0 saturated carbocycles. The Morgan fingerprint density at radius 2 is 2.15 bits per heavy atom. The summed E-state index contributed by atoms with van der Waals surface area (Å²) in [5, 5.41) is 15.7. The molecule has 0 aromatic carbocycles. The zero-order valence-electron chi connectivity index (χ0n) is 12.0. The van der Waals surface area contributed by atoms with E-state index in [-0.39, 0.29) is 13.1 Å². The Hall–Kier alpha value is -2.31. The maximum absolute atomic E-state index is 11.9. The molecule has 2 amide bonds. The number of aryl methyl sites for hydroxylation is 2. The summed E-state index contributed by atoms with van der Waals surface area (Å²) in [6.07, 6.45) is 1.49. The Bertz CT molecular complexity index is 522. The van der Waals surface area contributed by atoms with Gasteiger partial charge in [-0.15, -0.1) is 6.58 Å². The fourth-order valence-corrected chi connectivity index (χ4v) is 1.89. The molecule has 0 aliphatic heterocycles. The van der Waals surface area contributed by atoms with E-state index in [9.17, 15) is 9.59 Å². The van der Waals surface area contributed by atoms with Gasteiger partial charge in [0.05, 0.1) is 5.69 Å². The van der Waals surface area contributed by atoms with E-state index in [1.807, 2.05) is 20.9 Å². The van der Waals surface area contributed by atoms with E-state index in [0.717, 1.165) is 17.0 Å². The van der Waals surface area contributed by atoms with E-state index in [1.54, 1.807) is 4.68 Å². The number of hydrogen-bond acceptors (Lipinski definition) is 3. The van der Waals surface area contributed by atoms with Gasteiger partial charge < -0.3 is 15.3 Å². The van der Waals surface area contributed by atoms with Crippen LogP contribution in [0.5, 0.6) is 0 Å². The molecule has 1 rings (SSSR count). The number of carbonyl (C=O) groups is 2. The van der Waals surface area contributed by atoms with Gasteiger partial charge in [-0.25, -0.2) is 4.79 Å². The van der Waals surface area contributed by atoms with Gasteiger partial charge in [-0.1, -0.05) is 6.08 Å². The van der Waals surface area contributed by atoms with Crippen LogP contribution in [0.3, 0.4) is 0 Å². The minimum atomic E-state index is -1.06. The van der Waals surface area contributed by atoms with Gasteiger partial charge in [-0.3, -0.25) is 9.48 Å². The number of aliphatic carboxylic acids is 1. The summed E-state index contributed by atoms with van der Waals surface area (Å²) >= 11 is 0. The third-order valence-electron chi connectivity index (χ3n) is 3.04. The fraction of sp³-hybridized carbons (Fsp3) is 0.462. The summed E-state index contributed by atoms with van der Waals surface area (Å²) in [5.41, 5.74) is 2.75. The van der Waals surface area contributed by atoms with Gasteiger partial charge in [0.1, 0.15) is 6.54 Å². The van der Waals surface area contributed by atoms with Crippen LogP contribution in [0.4, 0.5) is 4.79 Å². The minimum absolute atomic E-state index is 0.184. The number of hydrogen-bond donors (Lipinski definition) is 2. The highest BCUT2D eigenvalue weighted by molar-refractivity contribution is 5.80. The first-order valence-electron chi connectivity index (χ1n) is 6.21. The smallest absolute Gasteiger partial charge is 0.323 e. The van der Waals surface area contributed by atoms with Crippen molar-refractivity contribution in [2.75, 3.05) is 13.1 Å². The molecule has 1 heterocycles. The number of carbonyl (C=O) groups excluding carboxylic acids is 1. The minimum Gasteiger partial charge on any atom is -0.480 e. The molecule has 0 aliphatic rings. The molecule has 1 aromatic rings. The topological polar surface area (TPSA) is 87.5 Å². The average Bonchev–Trinajstić information content (AvgIpc) is 2.60. The summed E-state index contributed by atoms with van der Waals surface area (Å²) in [5.74, 6) is -1.06. The first kappa shape index (κ1) is 15.7. The number of nitrogens with one attached hydrogen (secondary N) is 1. The number of rotatable bonds is 6. The van der Waals surface area contributed by atoms with Crippen LogP contribution in [0.25, 0.3) is 0 Å². The molecule has 0 bridgehead atoms. The number of carboxylic acids is 1. The predicted molar refractivity (Wildman–Crippen MR) is 74.3 cm³/mol. The second-order valence-electron chi connectivity index (χ2n) is 4.49. The lowest BCUT2D eigenvalue weighted by Crippen LogP contribution is -2.42. The van der Waals surface area contributed by atoms with E-state index in [0.29, 0.717) is 6.54 Å². The Balaban J connectivity index is 2.69. The van der Waals surface area contributed by atoms with E-state index in [1.165, 1.54) is 11.0 Å². The molecule has 0 spiro atoms. The Morgan fingerprint density at radius 1 is 1.50 bits per heavy atom. The van der Waals surface area contributed by atoms with Crippen molar-refractivity contribution in [3.05, 3.63) is 29.6 Å². The van der Waals surface area contributed by atoms with Crippen LogP contribution < -0.4 is 5.32 Å². The van der Waals surface area contributed by atoms with Crippen LogP contribution in [0, 0.1) is 13.8 Å². The molecular formula is C13H20N4O3. The van der Waals surface area contributed by atoms with Crippen molar-refractivity contribution in [3.63, 3.8) is 0 Å². The van der Waals surface area contributed by atoms with Gasteiger partial charge in [0.25, 0.3) is 0 Å². The number of aromatic nitrogens is 2. The van der Waals surface area contributed by atoms with Crippen LogP contribution >= 0.6 is 0 Å². The first-order chi connectivity index (χ1) is 9.36. The van der Waals surface area contributed by atoms with Crippen LogP contribution in [0.2, 0.25) is 0 Å². The summed E-state index contributed by atoms with van der Waals surface area (Å²) in [6, 6.07) is -0.435. The average molecular weight is 280 g/mol. The second kappa shape index (κ2) is 6.74. The van der Waals surface area contributed by atoms with Crippen LogP contribution in [-0.4, -0.2) is 44.9 Å². The number of amides is 2. The maximum Gasteiger partial charge on any atom is 0.323 e. The van der Waals surface area contributed by atoms with E-state index >= 15 is 0 Å². The van der Waals surface area contributed by atoms with Gasteiger partial charge >= 0.3 is 12.0 Å². The Kier molecular flexibility index (Phi) is 5.31. The molecule has 7 nitrogen and oxygen atoms in total. The van der Waals surface area contributed by atoms with Crippen molar-refractivity contribution in [1.82, 2.24) is 20.0 Å². The highest BCUT2D eigenvalue weighted by Crippen LogP contribution is 2.11. The Morgan fingerprint density at radius 3 is 2.60 bits per heavy atom. The summed E-state index contributed by atoms with van der Waals surface area (Å²) in [4.78, 5) is 23.8. The van der Waals surface area contributed by atoms with E-state index in [4.69, 9.17) is 5.11 Å². The quantitative estimate of drug-likeness (QED) is 0.755. The van der Waals surface area contributed by atoms with Crippen molar-refractivity contribution in [1.29, 1.82) is 0 Å². The maximum atomic E-state index is 11.9. The molecule has 110 valence electrons. The lowest BCUT2D eigenvalue weighted by atomic mass is 10.2. The van der Waals surface area contributed by atoms with Crippen molar-refractivity contribution >= 4 is 12.0 Å². The Labute approximate surface area is 117 Å². The van der Waals surface area contributed by atoms with Crippen molar-refractivity contribution < 1.29 is 14.7 Å². The van der Waals surface area contributed by atoms with E-state index < -0.39 is 12.0 Å². The summed E-state index contributed by atoms with van der Waals surface area (Å²) in [7, 11) is 1.84. The first-order valence-corrected chi connectivity index (χ1v) is 6.21. The molecule has 0 radical (unpaired) electrons. The van der Waals surface area contributed by atoms with Gasteiger partial charge in [0.15, 0.2) is 0 Å². The molecule has 0 fully saturated rings. The standard InChI is InChI=1S/C13H20N4O3/c1-5-6-17(8-12(18)19)13(20)14-7-11-9(2)15-16(4)10(11)3/h5H,1,6-8H2,2-4H3,(H,14,20)(H,18,19). The normalized spacial score (nSPS) is 10.2. The lowest BCUT2D eigenvalue weighted by Gasteiger charge is -2.19. The molecule has 0 saturated heterocycles. The molecule has 20 heavy (non-hydrogen) atoms. The lowest BCUT2D eigenvalue weighted by molar-refractivity contribution is -0.137. The molecule has 0 atom stereocenters. The predicted octanol–water partition coefficient (Wildman–Crippen LogP) is 0.819. The number of nitrogens with zero attached hydrogens (tertiary/aromatic N) is 3. The molecule has 2 N–H and O–H groups in total. The SMILES string of the molecule is C=CCN(CC(=O)O)C(=O)NCc1c(C)nn(C)c1C. The molecular weight excluding hydrogens is 260 g/mol. The van der Waals surface area contributed by atoms with Gasteiger partial charge in [0.2, 0.25) is 0 Å². The molecule has 0 unspecified atom stereocenters. The van der Waals surface area contributed by atoms with E-state index in [2.05, 4.69) is 17.0 Å². The van der Waals surface area contributed by atoms with Crippen molar-refractivity contribution in [2.24, 2.45) is 7.05 Å². The third-order valence-corrected chi connectivity index (χ3v) is 3.04. The van der Waals surface area contributed by atoms with Gasteiger partial charge in [-0.2, -0.15) is 5.10 Å². The highest BCUT2D eigenvalue weighted by Gasteiger charge is 2.16. The molecule has 1 aromatic heterocycles.